The summed E-state index contributed by atoms with van der Waals surface area (Å²) in [6.07, 6.45) is 2.99. The average Bonchev–Trinajstić information content (AvgIpc) is 3.27. The van der Waals surface area contributed by atoms with Crippen molar-refractivity contribution in [3.05, 3.63) is 28.9 Å². The van der Waals surface area contributed by atoms with Crippen molar-refractivity contribution in [2.24, 2.45) is 23.7 Å². The Balaban J connectivity index is 1.35. The topological polar surface area (TPSA) is 73.2 Å². The summed E-state index contributed by atoms with van der Waals surface area (Å²) >= 11 is 6.47. The molecule has 0 bridgehead atoms. The van der Waals surface area contributed by atoms with Gasteiger partial charge in [-0.3, -0.25) is 14.3 Å². The van der Waals surface area contributed by atoms with Crippen molar-refractivity contribution < 1.29 is 27.5 Å². The first-order chi connectivity index (χ1) is 17.2. The monoisotopic (exact) mass is 527 g/mol. The first kappa shape index (κ1) is 26.8. The number of hydrogen-bond donors (Lipinski definition) is 1. The summed E-state index contributed by atoms with van der Waals surface area (Å²) in [5.41, 5.74) is 1.13. The normalized spacial score (nSPS) is 25.0. The van der Waals surface area contributed by atoms with Gasteiger partial charge >= 0.3 is 12.1 Å². The van der Waals surface area contributed by atoms with Crippen LogP contribution >= 0.6 is 11.6 Å². The molecule has 2 aromatic rings. The van der Waals surface area contributed by atoms with Gasteiger partial charge in [0.25, 0.3) is 5.91 Å². The second-order valence-electron chi connectivity index (χ2n) is 10.3. The second kappa shape index (κ2) is 11.4. The number of fused-ring (bicyclic) bond motifs is 1. The van der Waals surface area contributed by atoms with Gasteiger partial charge in [0.1, 0.15) is 0 Å². The van der Waals surface area contributed by atoms with Crippen molar-refractivity contribution in [3.63, 3.8) is 0 Å². The minimum absolute atomic E-state index is 0.0922. The lowest BCUT2D eigenvalue weighted by atomic mass is 9.80. The van der Waals surface area contributed by atoms with Gasteiger partial charge in [-0.1, -0.05) is 11.6 Å². The van der Waals surface area contributed by atoms with Gasteiger partial charge in [-0.25, -0.2) is 0 Å². The molecule has 0 radical (unpaired) electrons. The number of esters is 1. The van der Waals surface area contributed by atoms with Gasteiger partial charge in [0.2, 0.25) is 0 Å². The molecule has 2 saturated carbocycles. The van der Waals surface area contributed by atoms with Gasteiger partial charge in [-0.2, -0.15) is 18.3 Å². The summed E-state index contributed by atoms with van der Waals surface area (Å²) < 4.78 is 45.5. The minimum Gasteiger partial charge on any atom is -0.469 e. The molecule has 1 N–H and O–H groups in total. The third kappa shape index (κ3) is 6.33. The van der Waals surface area contributed by atoms with Crippen molar-refractivity contribution in [2.45, 2.75) is 70.5 Å². The molecule has 0 unspecified atom stereocenters. The van der Waals surface area contributed by atoms with Crippen molar-refractivity contribution in [3.8, 4) is 0 Å². The number of alkyl halides is 3. The first-order valence-corrected chi connectivity index (χ1v) is 13.1. The number of nitrogens with zero attached hydrogens (tertiary/aromatic N) is 2. The van der Waals surface area contributed by atoms with E-state index in [9.17, 15) is 22.8 Å². The molecule has 4 rings (SSSR count). The molecule has 2 fully saturated rings. The predicted molar refractivity (Wildman–Crippen MR) is 131 cm³/mol. The highest BCUT2D eigenvalue weighted by Gasteiger charge is 2.41. The molecular weight excluding hydrogens is 495 g/mol. The van der Waals surface area contributed by atoms with Crippen LogP contribution in [0.25, 0.3) is 10.9 Å². The number of carbonyl (C=O) groups is 2. The lowest BCUT2D eigenvalue weighted by molar-refractivity contribution is -0.184. The minimum atomic E-state index is -4.13. The molecule has 1 amide bonds. The molecule has 1 heterocycles. The molecule has 10 heteroatoms. The zero-order chi connectivity index (χ0) is 25.9. The number of ether oxygens (including phenoxy) is 1. The molecule has 6 nitrogen and oxygen atoms in total. The number of methoxy groups -OCH3 is 1. The highest BCUT2D eigenvalue weighted by Crippen LogP contribution is 2.40. The number of hydrogen-bond acceptors (Lipinski definition) is 4. The molecule has 198 valence electrons. The van der Waals surface area contributed by atoms with E-state index in [2.05, 4.69) is 10.4 Å². The number of rotatable bonds is 7. The van der Waals surface area contributed by atoms with Gasteiger partial charge < -0.3 is 10.1 Å². The molecule has 1 aromatic carbocycles. The Bertz CT molecular complexity index is 1070. The molecular formula is C26H33ClF3N3O3. The maximum Gasteiger partial charge on any atom is 0.391 e. The van der Waals surface area contributed by atoms with Crippen molar-refractivity contribution >= 4 is 34.4 Å². The van der Waals surface area contributed by atoms with Gasteiger partial charge in [0, 0.05) is 24.9 Å². The van der Waals surface area contributed by atoms with Crippen LogP contribution < -0.4 is 5.32 Å². The van der Waals surface area contributed by atoms with Gasteiger partial charge in [0.05, 0.1) is 35.3 Å². The summed E-state index contributed by atoms with van der Waals surface area (Å²) in [6.45, 7) is 1.04. The first-order valence-electron chi connectivity index (χ1n) is 12.7. The number of aromatic nitrogens is 2. The van der Waals surface area contributed by atoms with E-state index in [1.54, 1.807) is 23.0 Å². The summed E-state index contributed by atoms with van der Waals surface area (Å²) in [4.78, 5) is 24.5. The number of amides is 1. The third-order valence-corrected chi connectivity index (χ3v) is 8.24. The number of carbonyl (C=O) groups excluding carboxylic acids is 2. The maximum absolute atomic E-state index is 13.0. The van der Waals surface area contributed by atoms with E-state index in [4.69, 9.17) is 16.3 Å². The van der Waals surface area contributed by atoms with Gasteiger partial charge in [-0.05, 0) is 81.3 Å². The average molecular weight is 528 g/mol. The van der Waals surface area contributed by atoms with Crippen molar-refractivity contribution in [1.29, 1.82) is 0 Å². The molecule has 2 aliphatic carbocycles. The standard InChI is InChI=1S/C26H33ClF3N3O3/c1-36-23(34)12-16-2-4-17(5-3-16)13-31-25(35)20-10-11-22(27)24-21(20)14-32-33(24)15-18-6-8-19(9-7-18)26(28,29)30/h10-11,14,16-19H,2-9,12-13,15H2,1H3,(H,31,35). The predicted octanol–water partition coefficient (Wildman–Crippen LogP) is 6.16. The number of halogens is 4. The molecule has 1 aromatic heterocycles. The van der Waals surface area contributed by atoms with E-state index < -0.39 is 12.1 Å². The van der Waals surface area contributed by atoms with Crippen molar-refractivity contribution in [1.82, 2.24) is 15.1 Å². The lowest BCUT2D eigenvalue weighted by Gasteiger charge is -2.29. The molecule has 2 aliphatic rings. The van der Waals surface area contributed by atoms with E-state index >= 15 is 0 Å². The van der Waals surface area contributed by atoms with E-state index in [1.807, 2.05) is 0 Å². The van der Waals surface area contributed by atoms with Crippen LogP contribution in [0, 0.1) is 23.7 Å². The van der Waals surface area contributed by atoms with E-state index in [0.29, 0.717) is 65.7 Å². The van der Waals surface area contributed by atoms with Gasteiger partial charge in [-0.15, -0.1) is 0 Å². The Morgan fingerprint density at radius 1 is 1.06 bits per heavy atom. The molecule has 0 spiro atoms. The number of benzene rings is 1. The Morgan fingerprint density at radius 2 is 1.69 bits per heavy atom. The largest absolute Gasteiger partial charge is 0.469 e. The smallest absolute Gasteiger partial charge is 0.391 e. The van der Waals surface area contributed by atoms with E-state index in [1.165, 1.54) is 7.11 Å². The van der Waals surface area contributed by atoms with Crippen LogP contribution in [-0.2, 0) is 16.1 Å². The van der Waals surface area contributed by atoms with Crippen LogP contribution in [-0.4, -0.2) is 41.5 Å². The Morgan fingerprint density at radius 3 is 2.33 bits per heavy atom. The zero-order valence-electron chi connectivity index (χ0n) is 20.5. The van der Waals surface area contributed by atoms with Crippen molar-refractivity contribution in [2.75, 3.05) is 13.7 Å². The maximum atomic E-state index is 13.0. The van der Waals surface area contributed by atoms with Crippen LogP contribution in [0.15, 0.2) is 18.3 Å². The number of nitrogens with one attached hydrogen (secondary N) is 1. The van der Waals surface area contributed by atoms with Crippen LogP contribution in [0.4, 0.5) is 13.2 Å². The summed E-state index contributed by atoms with van der Waals surface area (Å²) in [5.74, 6) is -0.791. The van der Waals surface area contributed by atoms with Crippen LogP contribution in [0.2, 0.25) is 5.02 Å². The molecule has 0 atom stereocenters. The summed E-state index contributed by atoms with van der Waals surface area (Å²) in [6, 6.07) is 3.36. The Kier molecular flexibility index (Phi) is 8.48. The van der Waals surface area contributed by atoms with Crippen LogP contribution in [0.3, 0.4) is 0 Å². The SMILES string of the molecule is COC(=O)CC1CCC(CNC(=O)c2ccc(Cl)c3c2cnn3CC2CCC(C(F)(F)F)CC2)CC1. The highest BCUT2D eigenvalue weighted by atomic mass is 35.5. The Labute approximate surface area is 213 Å². The zero-order valence-corrected chi connectivity index (χ0v) is 21.2. The fraction of sp³-hybridized carbons (Fsp3) is 0.654. The highest BCUT2D eigenvalue weighted by molar-refractivity contribution is 6.35. The van der Waals surface area contributed by atoms with E-state index in [0.717, 1.165) is 25.7 Å². The fourth-order valence-corrected chi connectivity index (χ4v) is 5.97. The third-order valence-electron chi connectivity index (χ3n) is 7.94. The molecule has 0 aliphatic heterocycles. The fourth-order valence-electron chi connectivity index (χ4n) is 5.70. The Hall–Kier alpha value is -2.29. The van der Waals surface area contributed by atoms with E-state index in [-0.39, 0.29) is 30.6 Å². The summed E-state index contributed by atoms with van der Waals surface area (Å²) in [5, 5.41) is 8.59. The second-order valence-corrected chi connectivity index (χ2v) is 10.7. The lowest BCUT2D eigenvalue weighted by Crippen LogP contribution is -2.31. The molecule has 0 saturated heterocycles. The summed E-state index contributed by atoms with van der Waals surface area (Å²) in [7, 11) is 1.41. The molecule has 36 heavy (non-hydrogen) atoms. The van der Waals surface area contributed by atoms with Crippen LogP contribution in [0.5, 0.6) is 0 Å². The quantitative estimate of drug-likeness (QED) is 0.438. The van der Waals surface area contributed by atoms with Crippen LogP contribution in [0.1, 0.15) is 68.1 Å². The van der Waals surface area contributed by atoms with Gasteiger partial charge in [0.15, 0.2) is 0 Å².